The van der Waals surface area contributed by atoms with Crippen molar-refractivity contribution < 1.29 is 13.2 Å². The molecule has 0 atom stereocenters. The van der Waals surface area contributed by atoms with Crippen LogP contribution in [0.5, 0.6) is 5.75 Å². The third kappa shape index (κ3) is 9.36. The maximum atomic E-state index is 12.8. The monoisotopic (exact) mass is 520 g/mol. The summed E-state index contributed by atoms with van der Waals surface area (Å²) in [7, 11) is -3.79. The van der Waals surface area contributed by atoms with Gasteiger partial charge in [-0.3, -0.25) is 0 Å². The molecule has 0 aliphatic heterocycles. The van der Waals surface area contributed by atoms with Crippen molar-refractivity contribution in [2.75, 3.05) is 6.61 Å². The van der Waals surface area contributed by atoms with Gasteiger partial charge in [-0.2, -0.15) is 18.4 Å². The molecule has 1 N–H and O–H groups in total. The van der Waals surface area contributed by atoms with E-state index < -0.39 is 10.0 Å². The summed E-state index contributed by atoms with van der Waals surface area (Å²) in [5.74, 6) is 0.801. The molecule has 0 saturated carbocycles. The Kier molecular flexibility index (Phi) is 11.2. The number of rotatable bonds is 15. The molecule has 0 aromatic heterocycles. The third-order valence-electron chi connectivity index (χ3n) is 6.33. The van der Waals surface area contributed by atoms with E-state index in [1.165, 1.54) is 44.9 Å². The zero-order valence-corrected chi connectivity index (χ0v) is 23.2. The fraction of sp³-hybridized carbons (Fsp3) is 0.387. The minimum Gasteiger partial charge on any atom is -0.494 e. The van der Waals surface area contributed by atoms with E-state index in [4.69, 9.17) is 4.74 Å². The summed E-state index contributed by atoms with van der Waals surface area (Å²) in [5, 5.41) is 4.35. The number of sulfonamides is 1. The van der Waals surface area contributed by atoms with Gasteiger partial charge in [-0.15, -0.1) is 0 Å². The van der Waals surface area contributed by atoms with E-state index in [9.17, 15) is 8.42 Å². The van der Waals surface area contributed by atoms with Gasteiger partial charge in [0.25, 0.3) is 10.0 Å². The van der Waals surface area contributed by atoms with Gasteiger partial charge >= 0.3 is 0 Å². The van der Waals surface area contributed by atoms with Crippen molar-refractivity contribution in [3.63, 3.8) is 0 Å². The van der Waals surface area contributed by atoms with Crippen molar-refractivity contribution in [3.05, 3.63) is 95.1 Å². The van der Waals surface area contributed by atoms with Crippen LogP contribution in [0.25, 0.3) is 0 Å². The van der Waals surface area contributed by atoms with Crippen LogP contribution in [0.2, 0.25) is 0 Å². The second kappa shape index (κ2) is 14.6. The first-order valence-corrected chi connectivity index (χ1v) is 14.8. The highest BCUT2D eigenvalue weighted by atomic mass is 32.2. The minimum atomic E-state index is -3.79. The number of hydrogen-bond donors (Lipinski definition) is 1. The van der Waals surface area contributed by atoms with Crippen LogP contribution in [-0.2, 0) is 10.0 Å². The van der Waals surface area contributed by atoms with E-state index in [1.54, 1.807) is 24.3 Å². The summed E-state index contributed by atoms with van der Waals surface area (Å²) in [6.45, 7) is 6.87. The van der Waals surface area contributed by atoms with Crippen LogP contribution in [0.15, 0.2) is 82.8 Å². The van der Waals surface area contributed by atoms with Crippen molar-refractivity contribution in [3.8, 4) is 5.75 Å². The maximum Gasteiger partial charge on any atom is 0.276 e. The first kappa shape index (κ1) is 28.5. The van der Waals surface area contributed by atoms with Crippen molar-refractivity contribution in [1.29, 1.82) is 0 Å². The summed E-state index contributed by atoms with van der Waals surface area (Å²) in [6, 6.07) is 22.2. The van der Waals surface area contributed by atoms with Gasteiger partial charge in [0.05, 0.1) is 17.2 Å². The number of nitrogens with one attached hydrogen (secondary N) is 1. The average Bonchev–Trinajstić information content (AvgIpc) is 2.90. The Morgan fingerprint density at radius 1 is 0.703 bits per heavy atom. The summed E-state index contributed by atoms with van der Waals surface area (Å²) in [6.07, 6.45) is 10.1. The van der Waals surface area contributed by atoms with Gasteiger partial charge in [0.2, 0.25) is 0 Å². The van der Waals surface area contributed by atoms with Gasteiger partial charge in [-0.05, 0) is 56.7 Å². The van der Waals surface area contributed by atoms with Crippen LogP contribution >= 0.6 is 0 Å². The Hall–Kier alpha value is -3.12. The molecule has 3 aromatic rings. The molecule has 5 nitrogen and oxygen atoms in total. The van der Waals surface area contributed by atoms with Crippen LogP contribution < -0.4 is 9.57 Å². The molecule has 0 saturated heterocycles. The largest absolute Gasteiger partial charge is 0.494 e. The number of hydrogen-bond acceptors (Lipinski definition) is 4. The van der Waals surface area contributed by atoms with Crippen molar-refractivity contribution >= 4 is 15.7 Å². The van der Waals surface area contributed by atoms with E-state index in [0.717, 1.165) is 34.4 Å². The number of hydrazone groups is 1. The number of aryl methyl sites for hydroxylation is 2. The van der Waals surface area contributed by atoms with Crippen LogP contribution in [0, 0.1) is 13.8 Å². The van der Waals surface area contributed by atoms with Gasteiger partial charge in [0.1, 0.15) is 5.75 Å². The van der Waals surface area contributed by atoms with Crippen LogP contribution in [-0.4, -0.2) is 20.7 Å². The molecule has 198 valence electrons. The molecule has 0 spiro atoms. The highest BCUT2D eigenvalue weighted by Gasteiger charge is 2.15. The lowest BCUT2D eigenvalue weighted by molar-refractivity contribution is 0.304. The maximum absolute atomic E-state index is 12.8. The zero-order chi connectivity index (χ0) is 26.5. The third-order valence-corrected chi connectivity index (χ3v) is 7.55. The van der Waals surface area contributed by atoms with E-state index in [2.05, 4.69) is 16.9 Å². The fourth-order valence-electron chi connectivity index (χ4n) is 4.02. The number of unbranched alkanes of at least 4 members (excludes halogenated alkanes) is 7. The highest BCUT2D eigenvalue weighted by Crippen LogP contribution is 2.18. The zero-order valence-electron chi connectivity index (χ0n) is 22.4. The highest BCUT2D eigenvalue weighted by molar-refractivity contribution is 7.89. The summed E-state index contributed by atoms with van der Waals surface area (Å²) < 4.78 is 31.6. The Labute approximate surface area is 223 Å². The van der Waals surface area contributed by atoms with E-state index in [1.807, 2.05) is 62.4 Å². The lowest BCUT2D eigenvalue weighted by atomic mass is 10.0. The second-order valence-corrected chi connectivity index (χ2v) is 11.2. The van der Waals surface area contributed by atoms with E-state index in [0.29, 0.717) is 12.3 Å². The van der Waals surface area contributed by atoms with E-state index >= 15 is 0 Å². The normalized spacial score (nSPS) is 11.9. The summed E-state index contributed by atoms with van der Waals surface area (Å²) >= 11 is 0. The molecule has 3 rings (SSSR count). The molecular formula is C31H40N2O3S. The smallest absolute Gasteiger partial charge is 0.276 e. The fourth-order valence-corrected chi connectivity index (χ4v) is 4.83. The molecule has 0 unspecified atom stereocenters. The van der Waals surface area contributed by atoms with Gasteiger partial charge in [0, 0.05) is 11.1 Å². The molecule has 0 aliphatic carbocycles. The van der Waals surface area contributed by atoms with E-state index in [-0.39, 0.29) is 4.90 Å². The molecule has 0 heterocycles. The predicted octanol–water partition coefficient (Wildman–Crippen LogP) is 7.55. The Morgan fingerprint density at radius 2 is 1.19 bits per heavy atom. The minimum absolute atomic E-state index is 0.176. The Bertz CT molecular complexity index is 1220. The number of ether oxygens (including phenoxy) is 1. The molecule has 3 aromatic carbocycles. The molecule has 0 bridgehead atoms. The first-order valence-electron chi connectivity index (χ1n) is 13.4. The molecule has 0 fully saturated rings. The van der Waals surface area contributed by atoms with Crippen molar-refractivity contribution in [2.24, 2.45) is 5.10 Å². The van der Waals surface area contributed by atoms with Crippen molar-refractivity contribution in [1.82, 2.24) is 4.83 Å². The predicted molar refractivity (Wildman–Crippen MR) is 153 cm³/mol. The lowest BCUT2D eigenvalue weighted by Crippen LogP contribution is -2.21. The summed E-state index contributed by atoms with van der Waals surface area (Å²) in [4.78, 5) is 2.60. The topological polar surface area (TPSA) is 67.8 Å². The second-order valence-electron chi connectivity index (χ2n) is 9.58. The number of nitrogens with zero attached hydrogens (tertiary/aromatic N) is 1. The van der Waals surface area contributed by atoms with Crippen LogP contribution in [0.1, 0.15) is 80.5 Å². The quantitative estimate of drug-likeness (QED) is 0.128. The standard InChI is InChI=1S/C31H40N2O3S/c1-4-5-6-7-8-9-10-11-24-36-29-20-18-28(19-21-29)31(27-16-12-25(2)13-17-27)32-33-37(34,35)30-22-14-26(3)15-23-30/h12-23,33H,4-11,24H2,1-3H3/b32-31-. The van der Waals surface area contributed by atoms with Crippen LogP contribution in [0.3, 0.4) is 0 Å². The molecule has 6 heteroatoms. The molecule has 0 aliphatic rings. The van der Waals surface area contributed by atoms with Gasteiger partial charge in [-0.25, -0.2) is 0 Å². The molecular weight excluding hydrogens is 480 g/mol. The first-order chi connectivity index (χ1) is 17.9. The van der Waals surface area contributed by atoms with Gasteiger partial charge < -0.3 is 4.74 Å². The lowest BCUT2D eigenvalue weighted by Gasteiger charge is -2.11. The van der Waals surface area contributed by atoms with Crippen LogP contribution in [0.4, 0.5) is 0 Å². The van der Waals surface area contributed by atoms with Gasteiger partial charge in [0.15, 0.2) is 0 Å². The Morgan fingerprint density at radius 3 is 1.76 bits per heavy atom. The SMILES string of the molecule is CCCCCCCCCCOc1ccc(/C(=N\NS(=O)(=O)c2ccc(C)cc2)c2ccc(C)cc2)cc1. The summed E-state index contributed by atoms with van der Waals surface area (Å²) in [5.41, 5.74) is 4.28. The average molecular weight is 521 g/mol. The van der Waals surface area contributed by atoms with Gasteiger partial charge in [-0.1, -0.05) is 99.4 Å². The number of benzene rings is 3. The molecule has 37 heavy (non-hydrogen) atoms. The molecule has 0 amide bonds. The molecule has 0 radical (unpaired) electrons. The van der Waals surface area contributed by atoms with Crippen molar-refractivity contribution in [2.45, 2.75) is 77.0 Å². The Balaban J connectivity index is 1.65.